The fourth-order valence-corrected chi connectivity index (χ4v) is 5.65. The molecule has 1 fully saturated rings. The molecule has 2 amide bonds. The van der Waals surface area contributed by atoms with E-state index in [9.17, 15) is 35.9 Å². The van der Waals surface area contributed by atoms with Gasteiger partial charge in [0.1, 0.15) is 22.8 Å². The zero-order valence-electron chi connectivity index (χ0n) is 19.8. The normalized spacial score (nSPS) is 24.3. The lowest BCUT2D eigenvalue weighted by Gasteiger charge is -2.34. The minimum atomic E-state index is -4.63. The Morgan fingerprint density at radius 1 is 1.15 bits per heavy atom. The van der Waals surface area contributed by atoms with Crippen LogP contribution in [0.15, 0.2) is 35.6 Å². The number of nitrogens with two attached hydrogens (primary N) is 1. The van der Waals surface area contributed by atoms with E-state index < -0.39 is 65.2 Å². The fraction of sp³-hybridized carbons (Fsp3) is 0.409. The van der Waals surface area contributed by atoms with Gasteiger partial charge in [0.25, 0.3) is 5.91 Å². The zero-order chi connectivity index (χ0) is 28.8. The van der Waals surface area contributed by atoms with Gasteiger partial charge in [0.2, 0.25) is 11.8 Å². The van der Waals surface area contributed by atoms with Gasteiger partial charge in [-0.3, -0.25) is 14.6 Å². The van der Waals surface area contributed by atoms with Gasteiger partial charge < -0.3 is 21.1 Å². The van der Waals surface area contributed by atoms with Crippen LogP contribution in [-0.4, -0.2) is 57.2 Å². The molecule has 2 aromatic rings. The molecule has 4 rings (SSSR count). The molecule has 1 saturated carbocycles. The van der Waals surface area contributed by atoms with E-state index in [2.05, 4.69) is 25.0 Å². The van der Waals surface area contributed by atoms with Crippen molar-refractivity contribution in [3.8, 4) is 5.88 Å². The molecular weight excluding hydrogens is 561 g/mol. The molecule has 1 aliphatic heterocycles. The lowest BCUT2D eigenvalue weighted by atomic mass is 9.85. The molecule has 0 spiro atoms. The molecule has 2 heterocycles. The molecular formula is C22H19F7N6O3S. The number of hydrogen-bond donors (Lipinski definition) is 3. The molecule has 39 heavy (non-hydrogen) atoms. The number of halogens is 7. The van der Waals surface area contributed by atoms with Crippen LogP contribution in [0.25, 0.3) is 0 Å². The Kier molecular flexibility index (Phi) is 7.16. The van der Waals surface area contributed by atoms with Gasteiger partial charge in [-0.2, -0.15) is 26.3 Å². The summed E-state index contributed by atoms with van der Waals surface area (Å²) in [7, 11) is 0. The van der Waals surface area contributed by atoms with Crippen LogP contribution in [0, 0.1) is 11.7 Å². The molecule has 0 bridgehead atoms. The Labute approximate surface area is 219 Å². The SMILES string of the molecule is C[C@]1(c2cc(NC(=O)c3cnc(OCC(F)(F)F)cn3)ccc2F)N=C(N)S[C@@]2(C(=O)NCC(F)(F)F)CC21. The minimum absolute atomic E-state index is 0.0663. The predicted octanol–water partition coefficient (Wildman–Crippen LogP) is 3.52. The number of nitrogens with zero attached hydrogens (tertiary/aromatic N) is 3. The molecule has 210 valence electrons. The van der Waals surface area contributed by atoms with Gasteiger partial charge in [0.05, 0.1) is 17.9 Å². The van der Waals surface area contributed by atoms with Crippen molar-refractivity contribution in [3.05, 3.63) is 47.7 Å². The number of carbonyl (C=O) groups excluding carboxylic acids is 2. The van der Waals surface area contributed by atoms with E-state index in [0.717, 1.165) is 30.2 Å². The second-order valence-corrected chi connectivity index (χ2v) is 10.3. The minimum Gasteiger partial charge on any atom is -0.467 e. The molecule has 0 radical (unpaired) electrons. The molecule has 1 aliphatic carbocycles. The largest absolute Gasteiger partial charge is 0.467 e. The van der Waals surface area contributed by atoms with Crippen LogP contribution in [0.5, 0.6) is 5.88 Å². The monoisotopic (exact) mass is 580 g/mol. The number of carbonyl (C=O) groups is 2. The van der Waals surface area contributed by atoms with Crippen molar-refractivity contribution in [2.45, 2.75) is 36.0 Å². The van der Waals surface area contributed by atoms with E-state index in [1.54, 1.807) is 0 Å². The number of fused-ring (bicyclic) bond motifs is 1. The second kappa shape index (κ2) is 9.84. The van der Waals surface area contributed by atoms with Crippen molar-refractivity contribution in [1.82, 2.24) is 15.3 Å². The van der Waals surface area contributed by atoms with Crippen molar-refractivity contribution in [2.24, 2.45) is 16.6 Å². The first-order valence-corrected chi connectivity index (χ1v) is 11.9. The van der Waals surface area contributed by atoms with Gasteiger partial charge >= 0.3 is 12.4 Å². The number of amidine groups is 1. The molecule has 1 aromatic carbocycles. The van der Waals surface area contributed by atoms with Crippen LogP contribution in [0.3, 0.4) is 0 Å². The molecule has 3 atom stereocenters. The number of nitrogens with one attached hydrogen (secondary N) is 2. The van der Waals surface area contributed by atoms with Crippen molar-refractivity contribution in [3.63, 3.8) is 0 Å². The number of amides is 2. The summed E-state index contributed by atoms with van der Waals surface area (Å²) in [5.41, 5.74) is 4.16. The van der Waals surface area contributed by atoms with E-state index >= 15 is 4.39 Å². The van der Waals surface area contributed by atoms with Gasteiger partial charge in [-0.15, -0.1) is 0 Å². The first-order valence-electron chi connectivity index (χ1n) is 11.0. The van der Waals surface area contributed by atoms with E-state index in [4.69, 9.17) is 5.73 Å². The quantitative estimate of drug-likeness (QED) is 0.427. The average Bonchev–Trinajstić information content (AvgIpc) is 3.58. The lowest BCUT2D eigenvalue weighted by Crippen LogP contribution is -2.46. The van der Waals surface area contributed by atoms with Gasteiger partial charge in [-0.25, -0.2) is 14.4 Å². The highest BCUT2D eigenvalue weighted by Gasteiger charge is 2.70. The van der Waals surface area contributed by atoms with E-state index in [1.807, 2.05) is 5.32 Å². The lowest BCUT2D eigenvalue weighted by molar-refractivity contribution is -0.154. The Morgan fingerprint density at radius 2 is 1.87 bits per heavy atom. The van der Waals surface area contributed by atoms with Gasteiger partial charge in [0, 0.05) is 17.2 Å². The predicted molar refractivity (Wildman–Crippen MR) is 124 cm³/mol. The topological polar surface area (TPSA) is 132 Å². The van der Waals surface area contributed by atoms with E-state index in [1.165, 1.54) is 19.1 Å². The summed E-state index contributed by atoms with van der Waals surface area (Å²) < 4.78 is 92.7. The Morgan fingerprint density at radius 3 is 2.49 bits per heavy atom. The number of benzene rings is 1. The first kappa shape index (κ1) is 28.4. The third-order valence-electron chi connectivity index (χ3n) is 6.07. The van der Waals surface area contributed by atoms with Gasteiger partial charge in [-0.1, -0.05) is 11.8 Å². The molecule has 0 saturated heterocycles. The number of thioether (sulfide) groups is 1. The number of ether oxygens (including phenoxy) is 1. The van der Waals surface area contributed by atoms with Crippen molar-refractivity contribution in [2.75, 3.05) is 18.5 Å². The number of anilines is 1. The van der Waals surface area contributed by atoms with Crippen LogP contribution in [0.4, 0.5) is 36.4 Å². The second-order valence-electron chi connectivity index (χ2n) is 8.94. The summed E-state index contributed by atoms with van der Waals surface area (Å²) in [6.45, 7) is -1.65. The highest BCUT2D eigenvalue weighted by molar-refractivity contribution is 8.15. The van der Waals surface area contributed by atoms with Crippen LogP contribution in [0.1, 0.15) is 29.4 Å². The molecule has 17 heteroatoms. The van der Waals surface area contributed by atoms with E-state index in [-0.39, 0.29) is 28.5 Å². The number of alkyl halides is 6. The average molecular weight is 580 g/mol. The summed E-state index contributed by atoms with van der Waals surface area (Å²) in [5, 5.41) is 4.18. The Balaban J connectivity index is 1.52. The van der Waals surface area contributed by atoms with Gasteiger partial charge in [-0.05, 0) is 31.5 Å². The molecule has 1 aromatic heterocycles. The number of rotatable bonds is 7. The highest BCUT2D eigenvalue weighted by atomic mass is 32.2. The summed E-state index contributed by atoms with van der Waals surface area (Å²) in [6.07, 6.45) is -7.43. The van der Waals surface area contributed by atoms with Crippen LogP contribution in [0.2, 0.25) is 0 Å². The summed E-state index contributed by atoms with van der Waals surface area (Å²) >= 11 is 0.811. The van der Waals surface area contributed by atoms with Crippen molar-refractivity contribution in [1.29, 1.82) is 0 Å². The zero-order valence-corrected chi connectivity index (χ0v) is 20.6. The highest BCUT2D eigenvalue weighted by Crippen LogP contribution is 2.66. The summed E-state index contributed by atoms with van der Waals surface area (Å²) in [5.74, 6) is -3.65. The first-order chi connectivity index (χ1) is 18.0. The smallest absolute Gasteiger partial charge is 0.422 e. The van der Waals surface area contributed by atoms with Gasteiger partial charge in [0.15, 0.2) is 11.8 Å². The molecule has 1 unspecified atom stereocenters. The number of aromatic nitrogens is 2. The maximum Gasteiger partial charge on any atom is 0.422 e. The molecule has 4 N–H and O–H groups in total. The maximum atomic E-state index is 15.0. The summed E-state index contributed by atoms with van der Waals surface area (Å²) in [6, 6.07) is 3.48. The Hall–Kier alpha value is -3.63. The number of hydrogen-bond acceptors (Lipinski definition) is 8. The van der Waals surface area contributed by atoms with Crippen molar-refractivity contribution >= 4 is 34.4 Å². The molecule has 9 nitrogen and oxygen atoms in total. The van der Waals surface area contributed by atoms with Crippen LogP contribution in [-0.2, 0) is 10.3 Å². The maximum absolute atomic E-state index is 15.0. The third-order valence-corrected chi connectivity index (χ3v) is 7.37. The van der Waals surface area contributed by atoms with Crippen LogP contribution >= 0.6 is 11.8 Å². The molecule has 2 aliphatic rings. The van der Waals surface area contributed by atoms with Crippen molar-refractivity contribution < 1.29 is 45.1 Å². The van der Waals surface area contributed by atoms with E-state index in [0.29, 0.717) is 0 Å². The van der Waals surface area contributed by atoms with Crippen LogP contribution < -0.4 is 21.1 Å². The third kappa shape index (κ3) is 6.17. The Bertz CT molecular complexity index is 1320. The standard InChI is InChI=1S/C22H19F7N6O3S/c1-19(14-5-20(14,39-18(30)35-19)17(37)33-8-21(24,25)26)11-4-10(2-3-12(11)23)34-16(36)13-6-32-15(7-31-13)38-9-22(27,28)29/h2-4,6-7,14H,5,8-9H2,1H3,(H2,30,35)(H,33,37)(H,34,36)/t14?,19-,20+/m1/s1. The fourth-order valence-electron chi connectivity index (χ4n) is 4.25. The number of aliphatic imine (C=N–C) groups is 1. The summed E-state index contributed by atoms with van der Waals surface area (Å²) in [4.78, 5) is 36.9.